The number of ether oxygens (including phenoxy) is 3. The van der Waals surface area contributed by atoms with E-state index in [9.17, 15) is 0 Å². The zero-order chi connectivity index (χ0) is 22.4. The first kappa shape index (κ1) is 20.6. The van der Waals surface area contributed by atoms with Crippen LogP contribution in [0.4, 0.5) is 5.82 Å². The fourth-order valence-corrected chi connectivity index (χ4v) is 4.97. The molecule has 0 radical (unpaired) electrons. The molecule has 1 saturated carbocycles. The lowest BCUT2D eigenvalue weighted by atomic mass is 10.1. The van der Waals surface area contributed by atoms with Crippen molar-refractivity contribution in [3.05, 3.63) is 43.0 Å². The summed E-state index contributed by atoms with van der Waals surface area (Å²) in [5.74, 6) is 0.664. The molecule has 1 aliphatic carbocycles. The molecular weight excluding hydrogens is 422 g/mol. The van der Waals surface area contributed by atoms with Crippen LogP contribution in [0.25, 0.3) is 17.2 Å². The lowest BCUT2D eigenvalue weighted by molar-refractivity contribution is -0.191. The summed E-state index contributed by atoms with van der Waals surface area (Å²) in [6.07, 6.45) is 13.9. The summed E-state index contributed by atoms with van der Waals surface area (Å²) in [4.78, 5) is 22.1. The van der Waals surface area contributed by atoms with Crippen LogP contribution in [0.5, 0.6) is 0 Å². The van der Waals surface area contributed by atoms with Crippen LogP contribution in [0.3, 0.4) is 0 Å². The molecule has 3 aliphatic rings. The molecule has 0 aromatic carbocycles. The molecule has 1 N–H and O–H groups in total. The molecular formula is C23H27N7O3. The molecule has 3 fully saturated rings. The summed E-state index contributed by atoms with van der Waals surface area (Å²) >= 11 is 0. The predicted molar refractivity (Wildman–Crippen MR) is 120 cm³/mol. The maximum Gasteiger partial charge on any atom is 0.167 e. The van der Waals surface area contributed by atoms with Gasteiger partial charge in [0.1, 0.15) is 24.6 Å². The second kappa shape index (κ2) is 8.12. The van der Waals surface area contributed by atoms with Crippen molar-refractivity contribution in [2.24, 2.45) is 0 Å². The van der Waals surface area contributed by atoms with Gasteiger partial charge in [-0.25, -0.2) is 24.9 Å². The Hall–Kier alpha value is -2.95. The van der Waals surface area contributed by atoms with Gasteiger partial charge in [0.05, 0.1) is 6.33 Å². The first-order valence-electron chi connectivity index (χ1n) is 11.5. The second-order valence-corrected chi connectivity index (χ2v) is 9.19. The maximum absolute atomic E-state index is 6.42. The van der Waals surface area contributed by atoms with Gasteiger partial charge >= 0.3 is 0 Å². The zero-order valence-electron chi connectivity index (χ0n) is 18.7. The summed E-state index contributed by atoms with van der Waals surface area (Å²) in [5.41, 5.74) is 1.44. The Morgan fingerprint density at radius 1 is 1.03 bits per heavy atom. The third kappa shape index (κ3) is 3.88. The number of rotatable bonds is 5. The maximum atomic E-state index is 6.42. The van der Waals surface area contributed by atoms with Gasteiger partial charge in [-0.2, -0.15) is 0 Å². The minimum Gasteiger partial charge on any atom is -0.365 e. The second-order valence-electron chi connectivity index (χ2n) is 9.19. The van der Waals surface area contributed by atoms with Crippen molar-refractivity contribution in [3.8, 4) is 0 Å². The van der Waals surface area contributed by atoms with Gasteiger partial charge in [0.2, 0.25) is 0 Å². The minimum atomic E-state index is -0.715. The van der Waals surface area contributed by atoms with Crippen molar-refractivity contribution >= 4 is 23.1 Å². The number of fused-ring (bicyclic) bond motifs is 2. The number of nitrogens with one attached hydrogen (secondary N) is 1. The van der Waals surface area contributed by atoms with Crippen LogP contribution >= 0.6 is 0 Å². The lowest BCUT2D eigenvalue weighted by Crippen LogP contribution is -2.28. The Kier molecular flexibility index (Phi) is 5.08. The molecule has 2 saturated heterocycles. The number of anilines is 1. The molecule has 10 nitrogen and oxygen atoms in total. The third-order valence-electron chi connectivity index (χ3n) is 6.41. The van der Waals surface area contributed by atoms with Crippen molar-refractivity contribution < 1.29 is 14.2 Å². The fraction of sp³-hybridized carbons (Fsp3) is 0.522. The molecule has 0 spiro atoms. The van der Waals surface area contributed by atoms with Gasteiger partial charge in [-0.15, -0.1) is 0 Å². The molecule has 5 heterocycles. The largest absolute Gasteiger partial charge is 0.365 e. The fourth-order valence-electron chi connectivity index (χ4n) is 4.97. The first-order valence-corrected chi connectivity index (χ1v) is 11.5. The number of nitrogens with zero attached hydrogens (tertiary/aromatic N) is 6. The molecule has 2 aliphatic heterocycles. The predicted octanol–water partition coefficient (Wildman–Crippen LogP) is 3.10. The van der Waals surface area contributed by atoms with Crippen molar-refractivity contribution in [2.75, 3.05) is 5.32 Å². The van der Waals surface area contributed by atoms with Gasteiger partial charge in [0.15, 0.2) is 34.8 Å². The van der Waals surface area contributed by atoms with Crippen LogP contribution in [0, 0.1) is 0 Å². The Morgan fingerprint density at radius 3 is 2.64 bits per heavy atom. The summed E-state index contributed by atoms with van der Waals surface area (Å²) < 4.78 is 20.8. The SMILES string of the molecule is CC1(C)O[C@H]2[C@H](O1)[C@@H](C=Cc1ncccn1)O[C@H]2n1cnc2c(NC3CCCC3)ncnc21. The van der Waals surface area contributed by atoms with Crippen molar-refractivity contribution in [1.82, 2.24) is 29.5 Å². The Balaban J connectivity index is 1.31. The average molecular weight is 450 g/mol. The topological polar surface area (TPSA) is 109 Å². The van der Waals surface area contributed by atoms with E-state index in [1.165, 1.54) is 12.8 Å². The van der Waals surface area contributed by atoms with Crippen LogP contribution in [0.1, 0.15) is 51.6 Å². The first-order chi connectivity index (χ1) is 16.1. The van der Waals surface area contributed by atoms with Gasteiger partial charge < -0.3 is 19.5 Å². The molecule has 4 atom stereocenters. The van der Waals surface area contributed by atoms with E-state index in [1.54, 1.807) is 31.1 Å². The van der Waals surface area contributed by atoms with E-state index in [0.717, 1.165) is 24.2 Å². The van der Waals surface area contributed by atoms with Gasteiger partial charge in [0.25, 0.3) is 0 Å². The molecule has 33 heavy (non-hydrogen) atoms. The van der Waals surface area contributed by atoms with E-state index in [4.69, 9.17) is 14.2 Å². The van der Waals surface area contributed by atoms with Crippen LogP contribution in [-0.4, -0.2) is 59.6 Å². The van der Waals surface area contributed by atoms with E-state index in [-0.39, 0.29) is 18.3 Å². The van der Waals surface area contributed by atoms with Gasteiger partial charge in [0, 0.05) is 18.4 Å². The van der Waals surface area contributed by atoms with E-state index in [1.807, 2.05) is 30.6 Å². The van der Waals surface area contributed by atoms with E-state index < -0.39 is 12.0 Å². The highest BCUT2D eigenvalue weighted by Crippen LogP contribution is 2.44. The highest BCUT2D eigenvalue weighted by molar-refractivity contribution is 5.82. The highest BCUT2D eigenvalue weighted by atomic mass is 16.8. The zero-order valence-corrected chi connectivity index (χ0v) is 18.7. The van der Waals surface area contributed by atoms with E-state index in [2.05, 4.69) is 30.2 Å². The molecule has 0 unspecified atom stereocenters. The molecule has 0 amide bonds. The number of hydrogen-bond acceptors (Lipinski definition) is 9. The average Bonchev–Trinajstić information content (AvgIpc) is 3.58. The highest BCUT2D eigenvalue weighted by Gasteiger charge is 2.55. The monoisotopic (exact) mass is 449 g/mol. The summed E-state index contributed by atoms with van der Waals surface area (Å²) in [7, 11) is 0. The smallest absolute Gasteiger partial charge is 0.167 e. The normalized spacial score (nSPS) is 29.3. The van der Waals surface area contributed by atoms with Crippen molar-refractivity contribution in [2.45, 2.75) is 75.9 Å². The van der Waals surface area contributed by atoms with Gasteiger partial charge in [-0.3, -0.25) is 4.57 Å². The minimum absolute atomic E-state index is 0.277. The van der Waals surface area contributed by atoms with E-state index >= 15 is 0 Å². The summed E-state index contributed by atoms with van der Waals surface area (Å²) in [6.45, 7) is 3.84. The van der Waals surface area contributed by atoms with Gasteiger partial charge in [-0.1, -0.05) is 12.8 Å². The molecule has 172 valence electrons. The standard InChI is InChI=1S/C23H27N7O3/c1-23(2)32-18-15(8-9-16-24-10-5-11-25-16)31-22(19(18)33-23)30-13-28-17-20(26-12-27-21(17)30)29-14-6-3-4-7-14/h5,8-15,18-19,22H,3-4,6-7H2,1-2H3,(H,26,27,29)/t15-,18-,19+,22-/m1/s1. The Morgan fingerprint density at radius 2 is 1.82 bits per heavy atom. The van der Waals surface area contributed by atoms with Crippen LogP contribution in [0.2, 0.25) is 0 Å². The molecule has 3 aromatic heterocycles. The quantitative estimate of drug-likeness (QED) is 0.628. The summed E-state index contributed by atoms with van der Waals surface area (Å²) in [5, 5.41) is 3.55. The van der Waals surface area contributed by atoms with Gasteiger partial charge in [-0.05, 0) is 44.9 Å². The molecule has 3 aromatic rings. The molecule has 10 heteroatoms. The number of hydrogen-bond donors (Lipinski definition) is 1. The number of imidazole rings is 1. The van der Waals surface area contributed by atoms with Crippen molar-refractivity contribution in [3.63, 3.8) is 0 Å². The summed E-state index contributed by atoms with van der Waals surface area (Å²) in [6, 6.07) is 2.22. The molecule has 0 bridgehead atoms. The van der Waals surface area contributed by atoms with Crippen LogP contribution < -0.4 is 5.32 Å². The lowest BCUT2D eigenvalue weighted by Gasteiger charge is -2.24. The van der Waals surface area contributed by atoms with Crippen LogP contribution in [-0.2, 0) is 14.2 Å². The number of aromatic nitrogens is 6. The Bertz CT molecular complexity index is 1160. The van der Waals surface area contributed by atoms with Crippen molar-refractivity contribution in [1.29, 1.82) is 0 Å². The van der Waals surface area contributed by atoms with Crippen LogP contribution in [0.15, 0.2) is 37.2 Å². The van der Waals surface area contributed by atoms with E-state index in [0.29, 0.717) is 17.5 Å². The molecule has 6 rings (SSSR count). The Labute approximate surface area is 191 Å². The third-order valence-corrected chi connectivity index (χ3v) is 6.41.